The number of carbonyl (C=O) groups excluding carboxylic acids is 1. The van der Waals surface area contributed by atoms with Crippen molar-refractivity contribution in [3.63, 3.8) is 0 Å². The second-order valence-electron chi connectivity index (χ2n) is 6.45. The fourth-order valence-electron chi connectivity index (χ4n) is 3.38. The average Bonchev–Trinajstić information content (AvgIpc) is 2.92. The van der Waals surface area contributed by atoms with Crippen LogP contribution in [0.15, 0.2) is 18.3 Å². The molecule has 3 rings (SSSR count). The molecule has 138 valence electrons. The lowest BCUT2D eigenvalue weighted by Crippen LogP contribution is -2.40. The van der Waals surface area contributed by atoms with Crippen LogP contribution >= 0.6 is 0 Å². The van der Waals surface area contributed by atoms with Gasteiger partial charge in [-0.1, -0.05) is 0 Å². The van der Waals surface area contributed by atoms with Gasteiger partial charge in [-0.3, -0.25) is 9.69 Å². The lowest BCUT2D eigenvalue weighted by atomic mass is 10.2. The topological polar surface area (TPSA) is 58.1 Å². The van der Waals surface area contributed by atoms with Gasteiger partial charge in [-0.15, -0.1) is 0 Å². The SMILES string of the molecule is COCCN1CCCN(C(=O)c2cccnc2N2CCOCC2)CC1. The second-order valence-corrected chi connectivity index (χ2v) is 6.45. The summed E-state index contributed by atoms with van der Waals surface area (Å²) in [7, 11) is 1.73. The van der Waals surface area contributed by atoms with Crippen LogP contribution in [0.1, 0.15) is 16.8 Å². The molecule has 0 aromatic carbocycles. The molecule has 0 bridgehead atoms. The maximum Gasteiger partial charge on any atom is 0.257 e. The zero-order chi connectivity index (χ0) is 17.5. The molecule has 0 radical (unpaired) electrons. The molecule has 2 fully saturated rings. The normalized spacial score (nSPS) is 19.7. The number of carbonyl (C=O) groups is 1. The molecule has 1 aromatic heterocycles. The Morgan fingerprint density at radius 3 is 2.84 bits per heavy atom. The zero-order valence-electron chi connectivity index (χ0n) is 15.0. The molecular weight excluding hydrogens is 320 g/mol. The maximum atomic E-state index is 13.1. The largest absolute Gasteiger partial charge is 0.383 e. The van der Waals surface area contributed by atoms with Crippen molar-refractivity contribution in [2.45, 2.75) is 6.42 Å². The van der Waals surface area contributed by atoms with Crippen LogP contribution in [0.5, 0.6) is 0 Å². The van der Waals surface area contributed by atoms with Crippen molar-refractivity contribution in [3.05, 3.63) is 23.9 Å². The first-order valence-electron chi connectivity index (χ1n) is 9.08. The minimum Gasteiger partial charge on any atom is -0.383 e. The van der Waals surface area contributed by atoms with Crippen molar-refractivity contribution in [2.24, 2.45) is 0 Å². The van der Waals surface area contributed by atoms with Gasteiger partial charge in [-0.25, -0.2) is 4.98 Å². The summed E-state index contributed by atoms with van der Waals surface area (Å²) in [5.41, 5.74) is 0.703. The van der Waals surface area contributed by atoms with E-state index in [0.29, 0.717) is 18.8 Å². The van der Waals surface area contributed by atoms with Gasteiger partial charge >= 0.3 is 0 Å². The number of ether oxygens (including phenoxy) is 2. The lowest BCUT2D eigenvalue weighted by Gasteiger charge is -2.30. The van der Waals surface area contributed by atoms with Crippen LogP contribution < -0.4 is 4.90 Å². The molecule has 1 amide bonds. The molecule has 1 aromatic rings. The number of hydrogen-bond donors (Lipinski definition) is 0. The molecule has 0 atom stereocenters. The van der Waals surface area contributed by atoms with Gasteiger partial charge in [0.25, 0.3) is 5.91 Å². The fraction of sp³-hybridized carbons (Fsp3) is 0.667. The summed E-state index contributed by atoms with van der Waals surface area (Å²) in [6.07, 6.45) is 2.75. The van der Waals surface area contributed by atoms with Gasteiger partial charge in [0, 0.05) is 52.6 Å². The molecule has 0 saturated carbocycles. The summed E-state index contributed by atoms with van der Waals surface area (Å²) in [5.74, 6) is 0.875. The summed E-state index contributed by atoms with van der Waals surface area (Å²) >= 11 is 0. The lowest BCUT2D eigenvalue weighted by molar-refractivity contribution is 0.0758. The molecule has 7 nitrogen and oxygen atoms in total. The minimum absolute atomic E-state index is 0.0863. The van der Waals surface area contributed by atoms with Crippen LogP contribution in [0.2, 0.25) is 0 Å². The van der Waals surface area contributed by atoms with E-state index in [1.54, 1.807) is 13.3 Å². The number of aromatic nitrogens is 1. The number of hydrogen-bond acceptors (Lipinski definition) is 6. The van der Waals surface area contributed by atoms with E-state index in [0.717, 1.165) is 64.7 Å². The molecule has 2 aliphatic rings. The summed E-state index contributed by atoms with van der Waals surface area (Å²) in [6.45, 7) is 8.02. The molecule has 0 unspecified atom stereocenters. The van der Waals surface area contributed by atoms with E-state index in [-0.39, 0.29) is 5.91 Å². The molecule has 2 aliphatic heterocycles. The van der Waals surface area contributed by atoms with E-state index in [1.165, 1.54) is 0 Å². The minimum atomic E-state index is 0.0863. The van der Waals surface area contributed by atoms with E-state index in [2.05, 4.69) is 14.8 Å². The maximum absolute atomic E-state index is 13.1. The van der Waals surface area contributed by atoms with Crippen molar-refractivity contribution < 1.29 is 14.3 Å². The van der Waals surface area contributed by atoms with E-state index >= 15 is 0 Å². The molecule has 25 heavy (non-hydrogen) atoms. The number of methoxy groups -OCH3 is 1. The van der Waals surface area contributed by atoms with E-state index in [4.69, 9.17) is 9.47 Å². The zero-order valence-corrected chi connectivity index (χ0v) is 15.0. The van der Waals surface area contributed by atoms with Crippen LogP contribution in [0.3, 0.4) is 0 Å². The average molecular weight is 348 g/mol. The van der Waals surface area contributed by atoms with E-state index in [1.807, 2.05) is 17.0 Å². The summed E-state index contributed by atoms with van der Waals surface area (Å²) in [4.78, 5) is 24.1. The monoisotopic (exact) mass is 348 g/mol. The number of nitrogens with zero attached hydrogens (tertiary/aromatic N) is 4. The Morgan fingerprint density at radius 1 is 1.20 bits per heavy atom. The Kier molecular flexibility index (Phi) is 6.61. The van der Waals surface area contributed by atoms with Crippen molar-refractivity contribution in [3.8, 4) is 0 Å². The first-order chi connectivity index (χ1) is 12.3. The summed E-state index contributed by atoms with van der Waals surface area (Å²) in [6, 6.07) is 3.74. The Hall–Kier alpha value is -1.70. The van der Waals surface area contributed by atoms with Crippen LogP contribution in [-0.2, 0) is 9.47 Å². The quantitative estimate of drug-likeness (QED) is 0.781. The molecule has 0 N–H and O–H groups in total. The van der Waals surface area contributed by atoms with Gasteiger partial charge < -0.3 is 19.3 Å². The van der Waals surface area contributed by atoms with Gasteiger partial charge in [0.15, 0.2) is 0 Å². The van der Waals surface area contributed by atoms with Crippen LogP contribution in [0.4, 0.5) is 5.82 Å². The van der Waals surface area contributed by atoms with E-state index in [9.17, 15) is 4.79 Å². The highest BCUT2D eigenvalue weighted by molar-refractivity contribution is 5.99. The van der Waals surface area contributed by atoms with E-state index < -0.39 is 0 Å². The third kappa shape index (κ3) is 4.68. The predicted molar refractivity (Wildman–Crippen MR) is 96.1 cm³/mol. The molecule has 0 spiro atoms. The van der Waals surface area contributed by atoms with Crippen LogP contribution in [-0.4, -0.2) is 93.4 Å². The molecule has 0 aliphatic carbocycles. The number of pyridine rings is 1. The smallest absolute Gasteiger partial charge is 0.257 e. The van der Waals surface area contributed by atoms with Crippen molar-refractivity contribution in [2.75, 3.05) is 77.6 Å². The standard InChI is InChI=1S/C18H28N4O3/c1-24-13-10-20-6-3-7-22(9-8-20)18(23)16-4-2-5-19-17(16)21-11-14-25-15-12-21/h2,4-5H,3,6-15H2,1H3. The Bertz CT molecular complexity index is 563. The number of rotatable bonds is 5. The summed E-state index contributed by atoms with van der Waals surface area (Å²) in [5, 5.41) is 0. The third-order valence-electron chi connectivity index (χ3n) is 4.82. The van der Waals surface area contributed by atoms with Crippen LogP contribution in [0, 0.1) is 0 Å². The first-order valence-corrected chi connectivity index (χ1v) is 9.08. The molecule has 3 heterocycles. The van der Waals surface area contributed by atoms with Gasteiger partial charge in [-0.2, -0.15) is 0 Å². The van der Waals surface area contributed by atoms with Crippen LogP contribution in [0.25, 0.3) is 0 Å². The van der Waals surface area contributed by atoms with Gasteiger partial charge in [0.1, 0.15) is 5.82 Å². The number of amides is 1. The van der Waals surface area contributed by atoms with Crippen molar-refractivity contribution >= 4 is 11.7 Å². The van der Waals surface area contributed by atoms with Gasteiger partial charge in [-0.05, 0) is 25.1 Å². The highest BCUT2D eigenvalue weighted by Gasteiger charge is 2.25. The summed E-state index contributed by atoms with van der Waals surface area (Å²) < 4.78 is 10.6. The molecule has 7 heteroatoms. The van der Waals surface area contributed by atoms with Crippen molar-refractivity contribution in [1.82, 2.24) is 14.8 Å². The number of anilines is 1. The molecule has 2 saturated heterocycles. The predicted octanol–water partition coefficient (Wildman–Crippen LogP) is 0.713. The Balaban J connectivity index is 1.68. The third-order valence-corrected chi connectivity index (χ3v) is 4.82. The second kappa shape index (κ2) is 9.12. The van der Waals surface area contributed by atoms with Gasteiger partial charge in [0.2, 0.25) is 0 Å². The Labute approximate surface area is 149 Å². The van der Waals surface area contributed by atoms with Gasteiger partial charge in [0.05, 0.1) is 25.4 Å². The highest BCUT2D eigenvalue weighted by Crippen LogP contribution is 2.21. The molecular formula is C18H28N4O3. The Morgan fingerprint density at radius 2 is 2.04 bits per heavy atom. The highest BCUT2D eigenvalue weighted by atomic mass is 16.5. The fourth-order valence-corrected chi connectivity index (χ4v) is 3.38. The number of morpholine rings is 1. The van der Waals surface area contributed by atoms with Crippen molar-refractivity contribution in [1.29, 1.82) is 0 Å². The first kappa shape index (κ1) is 18.1.